The van der Waals surface area contributed by atoms with Crippen LogP contribution < -0.4 is 16.6 Å². The summed E-state index contributed by atoms with van der Waals surface area (Å²) in [6.07, 6.45) is 2.30. The molecule has 0 amide bonds. The molecular formula is C14H20ClN5O3. The molecule has 9 heteroatoms. The molecule has 0 bridgehead atoms. The molecule has 0 unspecified atom stereocenters. The third-order valence-corrected chi connectivity index (χ3v) is 3.68. The molecule has 2 aromatic rings. The van der Waals surface area contributed by atoms with Gasteiger partial charge in [-0.05, 0) is 13.3 Å². The first-order valence-corrected chi connectivity index (χ1v) is 7.59. The lowest BCUT2D eigenvalue weighted by Crippen LogP contribution is -2.37. The molecule has 2 N–H and O–H groups in total. The number of nitrogens with one attached hydrogen (secondary N) is 1. The summed E-state index contributed by atoms with van der Waals surface area (Å²) in [6.45, 7) is 2.64. The number of aryl methyl sites for hydroxylation is 1. The van der Waals surface area contributed by atoms with Crippen molar-refractivity contribution in [3.8, 4) is 0 Å². The zero-order valence-electron chi connectivity index (χ0n) is 13.3. The number of aromatic nitrogens is 4. The van der Waals surface area contributed by atoms with E-state index in [-0.39, 0.29) is 6.61 Å². The zero-order valence-corrected chi connectivity index (χ0v) is 14.1. The van der Waals surface area contributed by atoms with Gasteiger partial charge < -0.3 is 15.0 Å². The van der Waals surface area contributed by atoms with Crippen molar-refractivity contribution in [2.45, 2.75) is 19.9 Å². The van der Waals surface area contributed by atoms with Gasteiger partial charge >= 0.3 is 5.69 Å². The van der Waals surface area contributed by atoms with Gasteiger partial charge in [-0.25, -0.2) is 4.79 Å². The van der Waals surface area contributed by atoms with E-state index in [9.17, 15) is 9.59 Å². The summed E-state index contributed by atoms with van der Waals surface area (Å²) in [5.74, 6) is 0.459. The molecule has 2 heterocycles. The maximum absolute atomic E-state index is 12.5. The third kappa shape index (κ3) is 3.32. The van der Waals surface area contributed by atoms with Crippen molar-refractivity contribution in [1.29, 1.82) is 0 Å². The smallest absolute Gasteiger partial charge is 0.332 e. The Balaban J connectivity index is 2.69. The largest absolute Gasteiger partial charge is 0.396 e. The predicted molar refractivity (Wildman–Crippen MR) is 90.0 cm³/mol. The highest BCUT2D eigenvalue weighted by molar-refractivity contribution is 6.29. The van der Waals surface area contributed by atoms with E-state index in [2.05, 4.69) is 10.3 Å². The number of nitrogens with zero attached hydrogens (tertiary/aromatic N) is 4. The highest BCUT2D eigenvalue weighted by Gasteiger charge is 2.18. The van der Waals surface area contributed by atoms with Crippen LogP contribution in [-0.2, 0) is 20.6 Å². The fourth-order valence-electron chi connectivity index (χ4n) is 2.26. The first kappa shape index (κ1) is 17.3. The molecule has 8 nitrogen and oxygen atoms in total. The highest BCUT2D eigenvalue weighted by atomic mass is 35.5. The van der Waals surface area contributed by atoms with Crippen molar-refractivity contribution < 1.29 is 5.11 Å². The van der Waals surface area contributed by atoms with Gasteiger partial charge in [-0.1, -0.05) is 17.7 Å². The maximum Gasteiger partial charge on any atom is 0.332 e. The Morgan fingerprint density at radius 3 is 2.65 bits per heavy atom. The number of aliphatic hydroxyl groups is 1. The van der Waals surface area contributed by atoms with E-state index in [4.69, 9.17) is 16.7 Å². The minimum atomic E-state index is -0.432. The lowest BCUT2D eigenvalue weighted by Gasteiger charge is -2.08. The van der Waals surface area contributed by atoms with Gasteiger partial charge in [0.05, 0.1) is 0 Å². The van der Waals surface area contributed by atoms with Crippen molar-refractivity contribution in [1.82, 2.24) is 18.7 Å². The van der Waals surface area contributed by atoms with Crippen LogP contribution in [0.5, 0.6) is 0 Å². The fourth-order valence-corrected chi connectivity index (χ4v) is 2.32. The van der Waals surface area contributed by atoms with Crippen LogP contribution in [0.25, 0.3) is 11.2 Å². The van der Waals surface area contributed by atoms with Crippen LogP contribution in [0.15, 0.2) is 20.7 Å². The molecule has 0 aliphatic rings. The second kappa shape index (κ2) is 7.01. The molecule has 2 aromatic heterocycles. The Morgan fingerprint density at radius 1 is 1.35 bits per heavy atom. The van der Waals surface area contributed by atoms with E-state index in [0.29, 0.717) is 41.7 Å². The summed E-state index contributed by atoms with van der Waals surface area (Å²) in [7, 11) is 3.00. The van der Waals surface area contributed by atoms with Crippen molar-refractivity contribution in [3.63, 3.8) is 0 Å². The lowest BCUT2D eigenvalue weighted by molar-refractivity contribution is 0.292. The van der Waals surface area contributed by atoms with E-state index in [1.54, 1.807) is 24.6 Å². The number of hydrogen-bond acceptors (Lipinski definition) is 5. The van der Waals surface area contributed by atoms with Gasteiger partial charge in [0.2, 0.25) is 5.95 Å². The van der Waals surface area contributed by atoms with E-state index in [1.165, 1.54) is 11.6 Å². The molecule has 0 aliphatic carbocycles. The number of rotatable bonds is 6. The minimum Gasteiger partial charge on any atom is -0.396 e. The quantitative estimate of drug-likeness (QED) is 0.740. The first-order chi connectivity index (χ1) is 10.9. The monoisotopic (exact) mass is 341 g/mol. The van der Waals surface area contributed by atoms with Crippen LogP contribution in [0.3, 0.4) is 0 Å². The number of allylic oxidation sites excluding steroid dienone is 2. The summed E-state index contributed by atoms with van der Waals surface area (Å²) in [6, 6.07) is 0. The maximum atomic E-state index is 12.5. The highest BCUT2D eigenvalue weighted by Crippen LogP contribution is 2.16. The first-order valence-electron chi connectivity index (χ1n) is 7.21. The molecule has 0 saturated heterocycles. The average molecular weight is 342 g/mol. The van der Waals surface area contributed by atoms with Crippen LogP contribution in [0, 0.1) is 0 Å². The Bertz CT molecular complexity index is 858. The molecule has 23 heavy (non-hydrogen) atoms. The van der Waals surface area contributed by atoms with Crippen molar-refractivity contribution >= 4 is 28.7 Å². The van der Waals surface area contributed by atoms with Gasteiger partial charge in [0.15, 0.2) is 11.2 Å². The lowest BCUT2D eigenvalue weighted by atomic mass is 10.4. The molecule has 2 rings (SSSR count). The molecule has 0 spiro atoms. The van der Waals surface area contributed by atoms with Gasteiger partial charge in [0, 0.05) is 38.8 Å². The van der Waals surface area contributed by atoms with Crippen LogP contribution >= 0.6 is 11.6 Å². The number of anilines is 1. The number of aliphatic hydroxyl groups excluding tert-OH is 1. The molecule has 126 valence electrons. The van der Waals surface area contributed by atoms with Crippen LogP contribution in [0.1, 0.15) is 13.3 Å². The molecule has 0 aliphatic heterocycles. The van der Waals surface area contributed by atoms with Crippen LogP contribution in [-0.4, -0.2) is 36.9 Å². The molecule has 0 saturated carbocycles. The van der Waals surface area contributed by atoms with Gasteiger partial charge in [-0.15, -0.1) is 0 Å². The van der Waals surface area contributed by atoms with Crippen molar-refractivity contribution in [3.05, 3.63) is 31.9 Å². The summed E-state index contributed by atoms with van der Waals surface area (Å²) in [4.78, 5) is 28.9. The number of hydrogen-bond donors (Lipinski definition) is 2. The van der Waals surface area contributed by atoms with E-state index < -0.39 is 11.2 Å². The molecule has 0 radical (unpaired) electrons. The summed E-state index contributed by atoms with van der Waals surface area (Å²) in [5.41, 5.74) is -0.204. The number of imidazole rings is 1. The summed E-state index contributed by atoms with van der Waals surface area (Å²) >= 11 is 5.89. The zero-order chi connectivity index (χ0) is 17.1. The predicted octanol–water partition coefficient (Wildman–Crippen LogP) is 0.371. The summed E-state index contributed by atoms with van der Waals surface area (Å²) < 4.78 is 4.07. The van der Waals surface area contributed by atoms with Gasteiger partial charge in [0.1, 0.15) is 0 Å². The Morgan fingerprint density at radius 2 is 2.04 bits per heavy atom. The van der Waals surface area contributed by atoms with Crippen LogP contribution in [0.4, 0.5) is 5.95 Å². The second-order valence-corrected chi connectivity index (χ2v) is 5.81. The van der Waals surface area contributed by atoms with Gasteiger partial charge in [-0.2, -0.15) is 4.98 Å². The second-order valence-electron chi connectivity index (χ2n) is 5.22. The van der Waals surface area contributed by atoms with Gasteiger partial charge in [0.25, 0.3) is 5.56 Å². The van der Waals surface area contributed by atoms with Crippen LogP contribution in [0.2, 0.25) is 0 Å². The number of halogens is 1. The summed E-state index contributed by atoms with van der Waals surface area (Å²) in [5, 5.41) is 12.6. The Labute approximate surface area is 137 Å². The molecule has 0 atom stereocenters. The van der Waals surface area contributed by atoms with E-state index in [0.717, 1.165) is 4.57 Å². The van der Waals surface area contributed by atoms with E-state index >= 15 is 0 Å². The topological polar surface area (TPSA) is 94.1 Å². The SMILES string of the molecule is C/C(Cl)=C\Cn1c(NCCCO)nc2c1c(=O)n(C)c(=O)n2C. The standard InChI is InChI=1S/C14H20ClN5O3/c1-9(15)5-7-20-10-11(17-13(20)16-6-4-8-21)18(2)14(23)19(3)12(10)22/h5,21H,4,6-8H2,1-3H3,(H,16,17)/b9-5+. The minimum absolute atomic E-state index is 0.0498. The number of fused-ring (bicyclic) bond motifs is 1. The Hall–Kier alpha value is -2.06. The van der Waals surface area contributed by atoms with Crippen molar-refractivity contribution in [2.24, 2.45) is 14.1 Å². The average Bonchev–Trinajstić information content (AvgIpc) is 2.88. The molecular weight excluding hydrogens is 322 g/mol. The normalized spacial score (nSPS) is 12.1. The van der Waals surface area contributed by atoms with E-state index in [1.807, 2.05) is 0 Å². The molecule has 0 fully saturated rings. The molecule has 0 aromatic carbocycles. The third-order valence-electron chi connectivity index (χ3n) is 3.52. The fraction of sp³-hybridized carbons (Fsp3) is 0.500. The Kier molecular flexibility index (Phi) is 5.27. The van der Waals surface area contributed by atoms with Crippen molar-refractivity contribution in [2.75, 3.05) is 18.5 Å². The van der Waals surface area contributed by atoms with Gasteiger partial charge in [-0.3, -0.25) is 13.9 Å².